The maximum absolute atomic E-state index is 13.6. The Kier molecular flexibility index (Phi) is 5.24. The molecule has 1 amide bonds. The third-order valence-corrected chi connectivity index (χ3v) is 5.86. The minimum atomic E-state index is -0.367. The van der Waals surface area contributed by atoms with Crippen LogP contribution in [-0.2, 0) is 6.42 Å². The molecule has 3 heteroatoms. The van der Waals surface area contributed by atoms with Crippen LogP contribution in [0.5, 0.6) is 5.75 Å². The van der Waals surface area contributed by atoms with E-state index in [1.54, 1.807) is 12.1 Å². The van der Waals surface area contributed by atoms with Crippen LogP contribution in [0, 0.1) is 0 Å². The standard InChI is InChI=1S/C28H23NO2/c30-28(31-24-17-8-3-9-18-24)29-26-19-11-10-16-23(26)20-25(21-12-4-1-5-13-21)27(29)22-14-6-2-7-15-22/h1-19,25,27H,20H2/t25-,27-/m1/s1. The van der Waals surface area contributed by atoms with Crippen LogP contribution >= 0.6 is 0 Å². The van der Waals surface area contributed by atoms with Crippen LogP contribution in [0.2, 0.25) is 0 Å². The summed E-state index contributed by atoms with van der Waals surface area (Å²) >= 11 is 0. The van der Waals surface area contributed by atoms with Crippen molar-refractivity contribution in [2.45, 2.75) is 18.4 Å². The Balaban J connectivity index is 1.65. The number of amides is 1. The first kappa shape index (κ1) is 19.1. The van der Waals surface area contributed by atoms with E-state index in [1.807, 2.05) is 65.6 Å². The Morgan fingerprint density at radius 2 is 1.23 bits per heavy atom. The maximum Gasteiger partial charge on any atom is 0.420 e. The molecule has 0 unspecified atom stereocenters. The summed E-state index contributed by atoms with van der Waals surface area (Å²) in [6, 6.07) is 37.9. The third kappa shape index (κ3) is 3.82. The van der Waals surface area contributed by atoms with Crippen molar-refractivity contribution in [3.8, 4) is 5.75 Å². The summed E-state index contributed by atoms with van der Waals surface area (Å²) in [5, 5.41) is 0. The molecule has 0 aliphatic carbocycles. The largest absolute Gasteiger partial charge is 0.420 e. The normalized spacial score (nSPS) is 17.6. The Morgan fingerprint density at radius 1 is 0.677 bits per heavy atom. The molecule has 3 nitrogen and oxygen atoms in total. The summed E-state index contributed by atoms with van der Waals surface area (Å²) in [5.41, 5.74) is 4.36. The number of anilines is 1. The summed E-state index contributed by atoms with van der Waals surface area (Å²) in [6.45, 7) is 0. The molecule has 0 N–H and O–H groups in total. The molecule has 2 atom stereocenters. The van der Waals surface area contributed by atoms with Crippen LogP contribution < -0.4 is 9.64 Å². The minimum Gasteiger partial charge on any atom is -0.410 e. The van der Waals surface area contributed by atoms with Crippen LogP contribution in [0.4, 0.5) is 10.5 Å². The van der Waals surface area contributed by atoms with Crippen molar-refractivity contribution in [3.63, 3.8) is 0 Å². The van der Waals surface area contributed by atoms with E-state index < -0.39 is 0 Å². The number of hydrogen-bond acceptors (Lipinski definition) is 2. The topological polar surface area (TPSA) is 29.5 Å². The Labute approximate surface area is 182 Å². The van der Waals surface area contributed by atoms with E-state index in [0.29, 0.717) is 5.75 Å². The average Bonchev–Trinajstić information content (AvgIpc) is 2.84. The first-order valence-electron chi connectivity index (χ1n) is 10.5. The number of para-hydroxylation sites is 2. The van der Waals surface area contributed by atoms with Gasteiger partial charge in [-0.25, -0.2) is 4.79 Å². The van der Waals surface area contributed by atoms with Gasteiger partial charge < -0.3 is 4.74 Å². The third-order valence-electron chi connectivity index (χ3n) is 5.86. The molecule has 152 valence electrons. The number of rotatable bonds is 3. The van der Waals surface area contributed by atoms with Gasteiger partial charge in [-0.3, -0.25) is 4.90 Å². The fourth-order valence-electron chi connectivity index (χ4n) is 4.48. The highest BCUT2D eigenvalue weighted by Gasteiger charge is 2.40. The summed E-state index contributed by atoms with van der Waals surface area (Å²) in [4.78, 5) is 15.4. The van der Waals surface area contributed by atoms with E-state index in [2.05, 4.69) is 42.5 Å². The molecule has 1 aliphatic rings. The van der Waals surface area contributed by atoms with Gasteiger partial charge in [0.05, 0.1) is 11.7 Å². The molecule has 0 saturated carbocycles. The van der Waals surface area contributed by atoms with Crippen molar-refractivity contribution >= 4 is 11.8 Å². The van der Waals surface area contributed by atoms with E-state index in [0.717, 1.165) is 23.2 Å². The molecule has 31 heavy (non-hydrogen) atoms. The van der Waals surface area contributed by atoms with Crippen molar-refractivity contribution in [2.75, 3.05) is 4.90 Å². The summed E-state index contributed by atoms with van der Waals surface area (Å²) in [5.74, 6) is 0.653. The second-order valence-corrected chi connectivity index (χ2v) is 7.76. The first-order chi connectivity index (χ1) is 15.3. The van der Waals surface area contributed by atoms with Crippen molar-refractivity contribution in [3.05, 3.63) is 132 Å². The lowest BCUT2D eigenvalue weighted by molar-refractivity contribution is 0.202. The van der Waals surface area contributed by atoms with Crippen LogP contribution in [-0.4, -0.2) is 6.09 Å². The lowest BCUT2D eigenvalue weighted by Crippen LogP contribution is -2.43. The molecule has 4 aromatic rings. The van der Waals surface area contributed by atoms with Crippen LogP contribution in [0.15, 0.2) is 115 Å². The van der Waals surface area contributed by atoms with Gasteiger partial charge >= 0.3 is 6.09 Å². The quantitative estimate of drug-likeness (QED) is 0.376. The van der Waals surface area contributed by atoms with Gasteiger partial charge in [-0.15, -0.1) is 0 Å². The molecule has 5 rings (SSSR count). The fraction of sp³-hybridized carbons (Fsp3) is 0.107. The number of ether oxygens (including phenoxy) is 1. The molecule has 0 spiro atoms. The lowest BCUT2D eigenvalue weighted by Gasteiger charge is -2.42. The number of carbonyl (C=O) groups is 1. The number of benzene rings is 4. The Morgan fingerprint density at radius 3 is 1.90 bits per heavy atom. The maximum atomic E-state index is 13.6. The van der Waals surface area contributed by atoms with Crippen molar-refractivity contribution in [1.82, 2.24) is 0 Å². The zero-order valence-electron chi connectivity index (χ0n) is 17.1. The molecular weight excluding hydrogens is 382 g/mol. The van der Waals surface area contributed by atoms with E-state index in [4.69, 9.17) is 4.74 Å². The van der Waals surface area contributed by atoms with Crippen molar-refractivity contribution < 1.29 is 9.53 Å². The zero-order chi connectivity index (χ0) is 21.0. The highest BCUT2D eigenvalue weighted by Crippen LogP contribution is 2.47. The minimum absolute atomic E-state index is 0.113. The van der Waals surface area contributed by atoms with Gasteiger partial charge in [-0.05, 0) is 41.3 Å². The zero-order valence-corrected chi connectivity index (χ0v) is 17.1. The average molecular weight is 405 g/mol. The van der Waals surface area contributed by atoms with Gasteiger partial charge in [0.15, 0.2) is 0 Å². The van der Waals surface area contributed by atoms with E-state index in [-0.39, 0.29) is 18.1 Å². The number of carbonyl (C=O) groups excluding carboxylic acids is 1. The molecule has 1 heterocycles. The van der Waals surface area contributed by atoms with Gasteiger partial charge in [-0.1, -0.05) is 97.1 Å². The summed E-state index contributed by atoms with van der Waals surface area (Å²) in [6.07, 6.45) is 0.489. The summed E-state index contributed by atoms with van der Waals surface area (Å²) in [7, 11) is 0. The number of hydrogen-bond donors (Lipinski definition) is 0. The van der Waals surface area contributed by atoms with Crippen molar-refractivity contribution in [2.24, 2.45) is 0 Å². The summed E-state index contributed by atoms with van der Waals surface area (Å²) < 4.78 is 5.83. The molecule has 4 aromatic carbocycles. The predicted octanol–water partition coefficient (Wildman–Crippen LogP) is 6.77. The van der Waals surface area contributed by atoms with Crippen molar-refractivity contribution in [1.29, 1.82) is 0 Å². The molecule has 1 aliphatic heterocycles. The van der Waals surface area contributed by atoms with E-state index in [9.17, 15) is 4.79 Å². The van der Waals surface area contributed by atoms with Crippen LogP contribution in [0.3, 0.4) is 0 Å². The smallest absolute Gasteiger partial charge is 0.410 e. The van der Waals surface area contributed by atoms with Crippen LogP contribution in [0.25, 0.3) is 0 Å². The molecule has 0 radical (unpaired) electrons. The van der Waals surface area contributed by atoms with Crippen LogP contribution in [0.1, 0.15) is 28.7 Å². The molecule has 0 bridgehead atoms. The molecule has 0 fully saturated rings. The fourth-order valence-corrected chi connectivity index (χ4v) is 4.48. The second kappa shape index (κ2) is 8.49. The van der Waals surface area contributed by atoms with Gasteiger partial charge in [0.25, 0.3) is 0 Å². The molecule has 0 saturated heterocycles. The SMILES string of the molecule is O=C(Oc1ccccc1)N1c2ccccc2C[C@H](c2ccccc2)[C@H]1c1ccccc1. The van der Waals surface area contributed by atoms with Gasteiger partial charge in [0, 0.05) is 5.92 Å². The van der Waals surface area contributed by atoms with Gasteiger partial charge in [0.2, 0.25) is 0 Å². The highest BCUT2D eigenvalue weighted by atomic mass is 16.6. The first-order valence-corrected chi connectivity index (χ1v) is 10.5. The highest BCUT2D eigenvalue weighted by molar-refractivity contribution is 5.92. The molecule has 0 aromatic heterocycles. The number of fused-ring (bicyclic) bond motifs is 1. The lowest BCUT2D eigenvalue weighted by atomic mass is 9.78. The van der Waals surface area contributed by atoms with E-state index in [1.165, 1.54) is 5.56 Å². The Bertz CT molecular complexity index is 1160. The monoisotopic (exact) mass is 405 g/mol. The number of nitrogens with zero attached hydrogens (tertiary/aromatic N) is 1. The molecular formula is C28H23NO2. The predicted molar refractivity (Wildman–Crippen MR) is 123 cm³/mol. The van der Waals surface area contributed by atoms with E-state index >= 15 is 0 Å². The van der Waals surface area contributed by atoms with Gasteiger partial charge in [-0.2, -0.15) is 0 Å². The van der Waals surface area contributed by atoms with Gasteiger partial charge in [0.1, 0.15) is 5.75 Å². The second-order valence-electron chi connectivity index (χ2n) is 7.76. The Hall–Kier alpha value is -3.85.